The van der Waals surface area contributed by atoms with E-state index in [0.717, 1.165) is 11.1 Å². The lowest BCUT2D eigenvalue weighted by Gasteiger charge is -2.08. The van der Waals surface area contributed by atoms with E-state index in [-0.39, 0.29) is 5.56 Å². The average Bonchev–Trinajstić information content (AvgIpc) is 2.73. The Morgan fingerprint density at radius 1 is 1.04 bits per heavy atom. The van der Waals surface area contributed by atoms with Crippen molar-refractivity contribution in [2.24, 2.45) is 0 Å². The normalized spacial score (nSPS) is 10.6. The van der Waals surface area contributed by atoms with E-state index in [0.29, 0.717) is 22.4 Å². The summed E-state index contributed by atoms with van der Waals surface area (Å²) in [6, 6.07) is 17.8. The summed E-state index contributed by atoms with van der Waals surface area (Å²) in [5.41, 5.74) is 1.91. The number of benzene rings is 2. The van der Waals surface area contributed by atoms with Crippen LogP contribution in [0, 0.1) is 0 Å². The van der Waals surface area contributed by atoms with Crippen molar-refractivity contribution in [3.05, 3.63) is 89.0 Å². The first kappa shape index (κ1) is 17.5. The van der Waals surface area contributed by atoms with Crippen LogP contribution in [0.4, 0.5) is 5.69 Å². The Hall–Kier alpha value is -3.93. The van der Waals surface area contributed by atoms with Gasteiger partial charge in [0.25, 0.3) is 5.91 Å². The van der Waals surface area contributed by atoms with Gasteiger partial charge >= 0.3 is 5.63 Å². The molecule has 6 nitrogen and oxygen atoms in total. The number of amides is 1. The van der Waals surface area contributed by atoms with Crippen LogP contribution in [0.3, 0.4) is 0 Å². The summed E-state index contributed by atoms with van der Waals surface area (Å²) in [6.07, 6.45) is 3.44. The van der Waals surface area contributed by atoms with Gasteiger partial charge in [0, 0.05) is 29.0 Å². The first-order chi connectivity index (χ1) is 13.7. The number of anilines is 1. The Morgan fingerprint density at radius 2 is 1.86 bits per heavy atom. The van der Waals surface area contributed by atoms with Crippen molar-refractivity contribution in [2.75, 3.05) is 12.4 Å². The van der Waals surface area contributed by atoms with Crippen LogP contribution in [0.15, 0.2) is 82.3 Å². The summed E-state index contributed by atoms with van der Waals surface area (Å²) in [4.78, 5) is 29.1. The van der Waals surface area contributed by atoms with Gasteiger partial charge in [-0.15, -0.1) is 0 Å². The largest absolute Gasteiger partial charge is 0.493 e. The van der Waals surface area contributed by atoms with E-state index in [4.69, 9.17) is 9.15 Å². The molecule has 0 aliphatic heterocycles. The molecular formula is C22H16N2O4. The predicted molar refractivity (Wildman–Crippen MR) is 107 cm³/mol. The molecule has 0 aliphatic rings. The van der Waals surface area contributed by atoms with Gasteiger partial charge in [0.2, 0.25) is 0 Å². The maximum Gasteiger partial charge on any atom is 0.349 e. The molecule has 0 spiro atoms. The van der Waals surface area contributed by atoms with Gasteiger partial charge < -0.3 is 14.5 Å². The lowest BCUT2D eigenvalue weighted by Crippen LogP contribution is -2.20. The van der Waals surface area contributed by atoms with Crippen LogP contribution in [0.1, 0.15) is 10.4 Å². The molecule has 0 unspecified atom stereocenters. The standard InChI is InChI=1S/C22H16N2O4/c1-27-19-9-3-6-15-12-18(22(26)28-20(15)19)21(25)24-17-8-2-5-14(11-17)16-7-4-10-23-13-16/h2-13H,1H3,(H,24,25). The summed E-state index contributed by atoms with van der Waals surface area (Å²) in [7, 11) is 1.49. The number of nitrogens with zero attached hydrogens (tertiary/aromatic N) is 1. The van der Waals surface area contributed by atoms with Crippen molar-refractivity contribution in [1.29, 1.82) is 0 Å². The molecule has 0 radical (unpaired) electrons. The minimum atomic E-state index is -0.724. The second-order valence-corrected chi connectivity index (χ2v) is 6.10. The molecule has 2 aromatic carbocycles. The van der Waals surface area contributed by atoms with Crippen LogP contribution < -0.4 is 15.7 Å². The summed E-state index contributed by atoms with van der Waals surface area (Å²) < 4.78 is 10.5. The molecule has 0 atom stereocenters. The Kier molecular flexibility index (Phi) is 4.60. The quantitative estimate of drug-likeness (QED) is 0.545. The van der Waals surface area contributed by atoms with E-state index < -0.39 is 11.5 Å². The second kappa shape index (κ2) is 7.36. The maximum absolute atomic E-state index is 12.7. The van der Waals surface area contributed by atoms with E-state index in [1.165, 1.54) is 13.2 Å². The minimum Gasteiger partial charge on any atom is -0.493 e. The number of carbonyl (C=O) groups excluding carboxylic acids is 1. The summed E-state index contributed by atoms with van der Waals surface area (Å²) in [5.74, 6) is -0.104. The fourth-order valence-corrected chi connectivity index (χ4v) is 2.95. The van der Waals surface area contributed by atoms with E-state index in [1.807, 2.05) is 30.3 Å². The van der Waals surface area contributed by atoms with Crippen molar-refractivity contribution in [3.63, 3.8) is 0 Å². The monoisotopic (exact) mass is 372 g/mol. The average molecular weight is 372 g/mol. The molecule has 2 heterocycles. The van der Waals surface area contributed by atoms with Crippen molar-refractivity contribution in [2.45, 2.75) is 0 Å². The third-order valence-electron chi connectivity index (χ3n) is 4.30. The number of pyridine rings is 1. The number of aromatic nitrogens is 1. The van der Waals surface area contributed by atoms with E-state index in [9.17, 15) is 9.59 Å². The van der Waals surface area contributed by atoms with E-state index in [2.05, 4.69) is 10.3 Å². The van der Waals surface area contributed by atoms with Gasteiger partial charge in [-0.1, -0.05) is 30.3 Å². The number of ether oxygens (including phenoxy) is 1. The first-order valence-corrected chi connectivity index (χ1v) is 8.58. The molecule has 1 amide bonds. The van der Waals surface area contributed by atoms with Gasteiger partial charge in [0.05, 0.1) is 7.11 Å². The zero-order chi connectivity index (χ0) is 19.5. The molecule has 28 heavy (non-hydrogen) atoms. The number of methoxy groups -OCH3 is 1. The number of hydrogen-bond acceptors (Lipinski definition) is 5. The Bertz CT molecular complexity index is 1220. The number of rotatable bonds is 4. The number of nitrogens with one attached hydrogen (secondary N) is 1. The maximum atomic E-state index is 12.7. The summed E-state index contributed by atoms with van der Waals surface area (Å²) in [5, 5.41) is 3.36. The molecule has 1 N–H and O–H groups in total. The predicted octanol–water partition coefficient (Wildman–Crippen LogP) is 4.12. The molecule has 0 saturated carbocycles. The minimum absolute atomic E-state index is 0.0764. The SMILES string of the molecule is COc1cccc2cc(C(=O)Nc3cccc(-c4cccnc4)c3)c(=O)oc12. The third-order valence-corrected chi connectivity index (χ3v) is 4.30. The fraction of sp³-hybridized carbons (Fsp3) is 0.0455. The van der Waals surface area contributed by atoms with Gasteiger partial charge in [0.1, 0.15) is 5.56 Å². The first-order valence-electron chi connectivity index (χ1n) is 8.58. The number of fused-ring (bicyclic) bond motifs is 1. The summed E-state index contributed by atoms with van der Waals surface area (Å²) >= 11 is 0. The zero-order valence-corrected chi connectivity index (χ0v) is 15.0. The summed E-state index contributed by atoms with van der Waals surface area (Å²) in [6.45, 7) is 0. The Morgan fingerprint density at radius 3 is 2.64 bits per heavy atom. The van der Waals surface area contributed by atoms with Crippen molar-refractivity contribution in [3.8, 4) is 16.9 Å². The Labute approximate surface area is 160 Å². The topological polar surface area (TPSA) is 81.4 Å². The van der Waals surface area contributed by atoms with Crippen LogP contribution in [-0.4, -0.2) is 18.0 Å². The highest BCUT2D eigenvalue weighted by Gasteiger charge is 2.16. The van der Waals surface area contributed by atoms with Crippen molar-refractivity contribution in [1.82, 2.24) is 4.98 Å². The number of carbonyl (C=O) groups is 1. The van der Waals surface area contributed by atoms with Crippen molar-refractivity contribution < 1.29 is 13.9 Å². The van der Waals surface area contributed by atoms with E-state index in [1.54, 1.807) is 36.7 Å². The van der Waals surface area contributed by atoms with Gasteiger partial charge in [-0.2, -0.15) is 0 Å². The molecule has 0 aliphatic carbocycles. The lowest BCUT2D eigenvalue weighted by atomic mass is 10.1. The van der Waals surface area contributed by atoms with Gasteiger partial charge in [-0.25, -0.2) is 4.79 Å². The number of hydrogen-bond donors (Lipinski definition) is 1. The lowest BCUT2D eigenvalue weighted by molar-refractivity contribution is 0.102. The molecule has 0 fully saturated rings. The molecule has 0 saturated heterocycles. The smallest absolute Gasteiger partial charge is 0.349 e. The van der Waals surface area contributed by atoms with Gasteiger partial charge in [-0.05, 0) is 35.9 Å². The highest BCUT2D eigenvalue weighted by atomic mass is 16.5. The molecular weight excluding hydrogens is 356 g/mol. The van der Waals surface area contributed by atoms with Gasteiger partial charge in [-0.3, -0.25) is 9.78 Å². The molecule has 0 bridgehead atoms. The van der Waals surface area contributed by atoms with Crippen LogP contribution in [0.5, 0.6) is 5.75 Å². The Balaban J connectivity index is 1.66. The van der Waals surface area contributed by atoms with Crippen molar-refractivity contribution >= 4 is 22.6 Å². The number of para-hydroxylation sites is 1. The van der Waals surface area contributed by atoms with Crippen LogP contribution in [-0.2, 0) is 0 Å². The molecule has 4 rings (SSSR count). The highest BCUT2D eigenvalue weighted by Crippen LogP contribution is 2.25. The van der Waals surface area contributed by atoms with Crippen LogP contribution >= 0.6 is 0 Å². The van der Waals surface area contributed by atoms with Crippen LogP contribution in [0.25, 0.3) is 22.1 Å². The molecule has 6 heteroatoms. The van der Waals surface area contributed by atoms with Gasteiger partial charge in [0.15, 0.2) is 11.3 Å². The third kappa shape index (κ3) is 3.35. The molecule has 2 aromatic heterocycles. The van der Waals surface area contributed by atoms with E-state index >= 15 is 0 Å². The zero-order valence-electron chi connectivity index (χ0n) is 15.0. The van der Waals surface area contributed by atoms with Crippen LogP contribution in [0.2, 0.25) is 0 Å². The fourth-order valence-electron chi connectivity index (χ4n) is 2.95. The second-order valence-electron chi connectivity index (χ2n) is 6.10. The molecule has 138 valence electrons. The molecule has 4 aromatic rings. The highest BCUT2D eigenvalue weighted by molar-refractivity contribution is 6.05.